The number of nitrogens with zero attached hydrogens (tertiary/aromatic N) is 2. The van der Waals surface area contributed by atoms with Crippen LogP contribution in [-0.2, 0) is 6.18 Å². The molecule has 0 radical (unpaired) electrons. The summed E-state index contributed by atoms with van der Waals surface area (Å²) in [5.74, 6) is 0.752. The van der Waals surface area contributed by atoms with Crippen LogP contribution < -0.4 is 4.90 Å². The Balaban J connectivity index is 2.03. The van der Waals surface area contributed by atoms with Gasteiger partial charge in [0.1, 0.15) is 5.82 Å². The Hall–Kier alpha value is -2.04. The molecule has 0 bridgehead atoms. The fourth-order valence-corrected chi connectivity index (χ4v) is 2.69. The predicted molar refractivity (Wildman–Crippen MR) is 76.1 cm³/mol. The van der Waals surface area contributed by atoms with Crippen molar-refractivity contribution in [3.05, 3.63) is 48.2 Å². The zero-order chi connectivity index (χ0) is 14.9. The number of hydrogen-bond donors (Lipinski definition) is 0. The Labute approximate surface area is 121 Å². The average Bonchev–Trinajstić information content (AvgIpc) is 3.01. The highest BCUT2D eigenvalue weighted by molar-refractivity contribution is 5.70. The second kappa shape index (κ2) is 5.39. The maximum Gasteiger partial charge on any atom is 0.417 e. The van der Waals surface area contributed by atoms with Crippen LogP contribution in [0.25, 0.3) is 11.1 Å². The van der Waals surface area contributed by atoms with Crippen molar-refractivity contribution >= 4 is 5.82 Å². The summed E-state index contributed by atoms with van der Waals surface area (Å²) in [6.07, 6.45) is -0.570. The molecule has 0 unspecified atom stereocenters. The molecule has 1 aliphatic rings. The van der Waals surface area contributed by atoms with Crippen molar-refractivity contribution in [2.24, 2.45) is 0 Å². The van der Waals surface area contributed by atoms with Gasteiger partial charge >= 0.3 is 6.18 Å². The summed E-state index contributed by atoms with van der Waals surface area (Å²) in [5.41, 5.74) is 0.149. The van der Waals surface area contributed by atoms with Crippen LogP contribution in [0.2, 0.25) is 0 Å². The second-order valence-corrected chi connectivity index (χ2v) is 5.14. The van der Waals surface area contributed by atoms with Gasteiger partial charge in [0.25, 0.3) is 0 Å². The molecule has 110 valence electrons. The molecule has 0 N–H and O–H groups in total. The zero-order valence-corrected chi connectivity index (χ0v) is 11.4. The lowest BCUT2D eigenvalue weighted by Crippen LogP contribution is -2.18. The number of alkyl halides is 3. The minimum absolute atomic E-state index is 0.202. The smallest absolute Gasteiger partial charge is 0.357 e. The number of anilines is 1. The van der Waals surface area contributed by atoms with Gasteiger partial charge in [0.15, 0.2) is 0 Å². The van der Waals surface area contributed by atoms with Crippen molar-refractivity contribution in [3.63, 3.8) is 0 Å². The third-order valence-corrected chi connectivity index (χ3v) is 3.72. The van der Waals surface area contributed by atoms with E-state index in [1.165, 1.54) is 12.1 Å². The quantitative estimate of drug-likeness (QED) is 0.817. The maximum absolute atomic E-state index is 13.1. The number of aromatic nitrogens is 1. The molecule has 2 heterocycles. The lowest BCUT2D eigenvalue weighted by molar-refractivity contribution is -0.137. The number of pyridine rings is 1. The predicted octanol–water partition coefficient (Wildman–Crippen LogP) is 4.37. The molecule has 2 aromatic rings. The molecule has 0 spiro atoms. The van der Waals surface area contributed by atoms with Gasteiger partial charge in [-0.1, -0.05) is 18.2 Å². The SMILES string of the molecule is FC(F)(F)c1ccccc1-c1ccnc(N2CCCC2)c1. The van der Waals surface area contributed by atoms with Crippen LogP contribution in [0, 0.1) is 0 Å². The molecule has 1 aromatic carbocycles. The molecule has 3 rings (SSSR count). The van der Waals surface area contributed by atoms with Crippen LogP contribution in [0.5, 0.6) is 0 Å². The van der Waals surface area contributed by atoms with Crippen molar-refractivity contribution in [1.82, 2.24) is 4.98 Å². The van der Waals surface area contributed by atoms with Crippen LogP contribution in [0.4, 0.5) is 19.0 Å². The molecule has 0 atom stereocenters. The fraction of sp³-hybridized carbons (Fsp3) is 0.312. The molecule has 5 heteroatoms. The lowest BCUT2D eigenvalue weighted by atomic mass is 10.00. The van der Waals surface area contributed by atoms with Crippen molar-refractivity contribution in [3.8, 4) is 11.1 Å². The summed E-state index contributed by atoms with van der Waals surface area (Å²) >= 11 is 0. The zero-order valence-electron chi connectivity index (χ0n) is 11.4. The fourth-order valence-electron chi connectivity index (χ4n) is 2.69. The summed E-state index contributed by atoms with van der Waals surface area (Å²) < 4.78 is 39.3. The molecule has 0 saturated carbocycles. The van der Waals surface area contributed by atoms with E-state index in [1.54, 1.807) is 24.4 Å². The maximum atomic E-state index is 13.1. The van der Waals surface area contributed by atoms with E-state index in [-0.39, 0.29) is 5.56 Å². The number of rotatable bonds is 2. The highest BCUT2D eigenvalue weighted by Crippen LogP contribution is 2.37. The molecular formula is C16H15F3N2. The first kappa shape index (κ1) is 13.9. The highest BCUT2D eigenvalue weighted by atomic mass is 19.4. The summed E-state index contributed by atoms with van der Waals surface area (Å²) in [7, 11) is 0. The molecule has 1 aromatic heterocycles. The van der Waals surface area contributed by atoms with E-state index in [4.69, 9.17) is 0 Å². The van der Waals surface area contributed by atoms with Gasteiger partial charge in [0.05, 0.1) is 5.56 Å². The third-order valence-electron chi connectivity index (χ3n) is 3.72. The van der Waals surface area contributed by atoms with Gasteiger partial charge in [0.2, 0.25) is 0 Å². The molecule has 1 fully saturated rings. The molecule has 1 saturated heterocycles. The molecule has 21 heavy (non-hydrogen) atoms. The van der Waals surface area contributed by atoms with E-state index in [1.807, 2.05) is 0 Å². The average molecular weight is 292 g/mol. The topological polar surface area (TPSA) is 16.1 Å². The first-order valence-electron chi connectivity index (χ1n) is 6.93. The van der Waals surface area contributed by atoms with E-state index < -0.39 is 11.7 Å². The Morgan fingerprint density at radius 1 is 1.00 bits per heavy atom. The largest absolute Gasteiger partial charge is 0.417 e. The van der Waals surface area contributed by atoms with E-state index in [0.717, 1.165) is 37.8 Å². The molecule has 0 amide bonds. The number of benzene rings is 1. The Kier molecular flexibility index (Phi) is 3.57. The summed E-state index contributed by atoms with van der Waals surface area (Å²) in [4.78, 5) is 6.39. The molecule has 0 aliphatic carbocycles. The van der Waals surface area contributed by atoms with Crippen molar-refractivity contribution < 1.29 is 13.2 Å². The van der Waals surface area contributed by atoms with Gasteiger partial charge in [-0.25, -0.2) is 4.98 Å². The van der Waals surface area contributed by atoms with Gasteiger partial charge in [-0.2, -0.15) is 13.2 Å². The van der Waals surface area contributed by atoms with E-state index in [2.05, 4.69) is 9.88 Å². The van der Waals surface area contributed by atoms with Crippen molar-refractivity contribution in [2.75, 3.05) is 18.0 Å². The van der Waals surface area contributed by atoms with Crippen LogP contribution >= 0.6 is 0 Å². The van der Waals surface area contributed by atoms with Crippen molar-refractivity contribution in [1.29, 1.82) is 0 Å². The third kappa shape index (κ3) is 2.86. The van der Waals surface area contributed by atoms with Crippen LogP contribution in [0.3, 0.4) is 0 Å². The molecular weight excluding hydrogens is 277 g/mol. The Bertz CT molecular complexity index is 631. The van der Waals surface area contributed by atoms with Crippen LogP contribution in [0.1, 0.15) is 18.4 Å². The monoisotopic (exact) mass is 292 g/mol. The van der Waals surface area contributed by atoms with Crippen molar-refractivity contribution in [2.45, 2.75) is 19.0 Å². The molecule has 2 nitrogen and oxygen atoms in total. The normalized spacial score (nSPS) is 15.5. The Morgan fingerprint density at radius 2 is 1.71 bits per heavy atom. The first-order valence-corrected chi connectivity index (χ1v) is 6.93. The van der Waals surface area contributed by atoms with E-state index in [0.29, 0.717) is 5.56 Å². The lowest BCUT2D eigenvalue weighted by Gasteiger charge is -2.18. The Morgan fingerprint density at radius 3 is 2.43 bits per heavy atom. The summed E-state index contributed by atoms with van der Waals surface area (Å²) in [6, 6.07) is 9.03. The summed E-state index contributed by atoms with van der Waals surface area (Å²) in [6.45, 7) is 1.83. The van der Waals surface area contributed by atoms with Gasteiger partial charge < -0.3 is 4.90 Å². The first-order chi connectivity index (χ1) is 10.1. The van der Waals surface area contributed by atoms with Crippen LogP contribution in [0.15, 0.2) is 42.6 Å². The van der Waals surface area contributed by atoms with E-state index >= 15 is 0 Å². The number of hydrogen-bond acceptors (Lipinski definition) is 2. The van der Waals surface area contributed by atoms with Gasteiger partial charge in [-0.3, -0.25) is 0 Å². The summed E-state index contributed by atoms with van der Waals surface area (Å²) in [5, 5.41) is 0. The highest BCUT2D eigenvalue weighted by Gasteiger charge is 2.33. The minimum Gasteiger partial charge on any atom is -0.357 e. The minimum atomic E-state index is -4.35. The standard InChI is InChI=1S/C16H15F3N2/c17-16(18,19)14-6-2-1-5-13(14)12-7-8-20-15(11-12)21-9-3-4-10-21/h1-2,5-8,11H,3-4,9-10H2. The number of halogens is 3. The van der Waals surface area contributed by atoms with Crippen LogP contribution in [-0.4, -0.2) is 18.1 Å². The van der Waals surface area contributed by atoms with Gasteiger partial charge in [-0.05, 0) is 42.2 Å². The van der Waals surface area contributed by atoms with E-state index in [9.17, 15) is 13.2 Å². The molecule has 1 aliphatic heterocycles. The van der Waals surface area contributed by atoms with Gasteiger partial charge in [0, 0.05) is 19.3 Å². The van der Waals surface area contributed by atoms with Gasteiger partial charge in [-0.15, -0.1) is 0 Å². The second-order valence-electron chi connectivity index (χ2n) is 5.14.